The Morgan fingerprint density at radius 1 is 0.636 bits per heavy atom. The third kappa shape index (κ3) is 1.94. The van der Waals surface area contributed by atoms with Crippen LogP contribution in [0.3, 0.4) is 0 Å². The summed E-state index contributed by atoms with van der Waals surface area (Å²) in [6.07, 6.45) is 7.27. The fourth-order valence-electron chi connectivity index (χ4n) is 9.32. The molecule has 1 spiro atoms. The summed E-state index contributed by atoms with van der Waals surface area (Å²) >= 11 is 0. The molecule has 0 unspecified atom stereocenters. The normalized spacial score (nSPS) is 31.2. The minimum Gasteiger partial charge on any atom is -0.354 e. The lowest BCUT2D eigenvalue weighted by molar-refractivity contribution is -0.0399. The van der Waals surface area contributed by atoms with Crippen LogP contribution in [0.1, 0.15) is 43.2 Å². The highest BCUT2D eigenvalue weighted by molar-refractivity contribution is 6.19. The number of benzene rings is 4. The lowest BCUT2D eigenvalue weighted by atomic mass is 9.43. The third-order valence-electron chi connectivity index (χ3n) is 10.1. The van der Waals surface area contributed by atoms with Gasteiger partial charge in [0.2, 0.25) is 0 Å². The number of fused-ring (bicyclic) bond motifs is 8. The first-order chi connectivity index (χ1) is 16.3. The maximum Gasteiger partial charge on any atom is 0.0471 e. The van der Waals surface area contributed by atoms with Gasteiger partial charge < -0.3 is 4.98 Å². The van der Waals surface area contributed by atoms with Crippen molar-refractivity contribution >= 4 is 32.6 Å². The summed E-state index contributed by atoms with van der Waals surface area (Å²) in [6.45, 7) is 0. The molecule has 1 N–H and O–H groups in total. The van der Waals surface area contributed by atoms with Crippen molar-refractivity contribution in [2.75, 3.05) is 0 Å². The van der Waals surface area contributed by atoms with Crippen molar-refractivity contribution in [1.29, 1.82) is 0 Å². The molecule has 0 aliphatic heterocycles. The zero-order chi connectivity index (χ0) is 21.3. The van der Waals surface area contributed by atoms with Crippen LogP contribution in [-0.2, 0) is 5.41 Å². The molecule has 1 nitrogen and oxygen atoms in total. The molecule has 1 heteroatoms. The summed E-state index contributed by atoms with van der Waals surface area (Å²) in [7, 11) is 0. The van der Waals surface area contributed by atoms with Crippen molar-refractivity contribution in [2.45, 2.75) is 37.5 Å². The average molecular weight is 426 g/mol. The van der Waals surface area contributed by atoms with Crippen molar-refractivity contribution in [3.63, 3.8) is 0 Å². The molecular formula is C32H27N. The molecule has 4 fully saturated rings. The van der Waals surface area contributed by atoms with E-state index in [1.165, 1.54) is 75.8 Å². The highest BCUT2D eigenvalue weighted by Gasteiger charge is 2.61. The van der Waals surface area contributed by atoms with Crippen LogP contribution in [0.4, 0.5) is 0 Å². The fraction of sp³-hybridized carbons (Fsp3) is 0.312. The number of nitrogens with one attached hydrogen (secondary N) is 1. The zero-order valence-corrected chi connectivity index (χ0v) is 18.8. The highest BCUT2D eigenvalue weighted by atomic mass is 14.7. The molecule has 1 aromatic heterocycles. The van der Waals surface area contributed by atoms with Gasteiger partial charge in [-0.15, -0.1) is 0 Å². The Bertz CT molecular complexity index is 1610. The van der Waals surface area contributed by atoms with Crippen LogP contribution in [-0.4, -0.2) is 4.98 Å². The topological polar surface area (TPSA) is 15.8 Å². The first-order valence-corrected chi connectivity index (χ1v) is 12.9. The molecule has 4 saturated carbocycles. The minimum atomic E-state index is 0.244. The number of hydrogen-bond acceptors (Lipinski definition) is 0. The molecule has 160 valence electrons. The summed E-state index contributed by atoms with van der Waals surface area (Å²) in [5, 5.41) is 5.48. The zero-order valence-electron chi connectivity index (χ0n) is 18.8. The molecule has 5 aromatic rings. The van der Waals surface area contributed by atoms with E-state index in [0.29, 0.717) is 0 Å². The Labute approximate surface area is 193 Å². The maximum absolute atomic E-state index is 3.79. The lowest BCUT2D eigenvalue weighted by Gasteiger charge is -2.61. The first-order valence-electron chi connectivity index (χ1n) is 12.9. The van der Waals surface area contributed by atoms with Gasteiger partial charge in [0, 0.05) is 27.2 Å². The summed E-state index contributed by atoms with van der Waals surface area (Å²) in [4.78, 5) is 3.79. The van der Waals surface area contributed by atoms with Crippen molar-refractivity contribution in [3.05, 3.63) is 83.9 Å². The molecule has 4 bridgehead atoms. The second kappa shape index (κ2) is 5.70. The van der Waals surface area contributed by atoms with Crippen LogP contribution in [0.2, 0.25) is 0 Å². The SMILES string of the molecule is c1ccc2c(c1)-c1c(ccc3[nH]c4cc5ccccc5cc4c13)C21C2CC3CC(C2)CC1C3. The second-order valence-electron chi connectivity index (χ2n) is 11.5. The molecule has 5 aliphatic rings. The Morgan fingerprint density at radius 2 is 1.33 bits per heavy atom. The first kappa shape index (κ1) is 17.4. The van der Waals surface area contributed by atoms with Gasteiger partial charge in [0.25, 0.3) is 0 Å². The van der Waals surface area contributed by atoms with Crippen molar-refractivity contribution < 1.29 is 0 Å². The monoisotopic (exact) mass is 425 g/mol. The summed E-state index contributed by atoms with van der Waals surface area (Å²) in [5.41, 5.74) is 9.15. The molecule has 5 aliphatic carbocycles. The van der Waals surface area contributed by atoms with Crippen molar-refractivity contribution in [2.24, 2.45) is 23.7 Å². The highest BCUT2D eigenvalue weighted by Crippen LogP contribution is 2.70. The molecule has 0 saturated heterocycles. The van der Waals surface area contributed by atoms with Gasteiger partial charge in [0.1, 0.15) is 0 Å². The predicted octanol–water partition coefficient (Wildman–Crippen LogP) is 8.20. The smallest absolute Gasteiger partial charge is 0.0471 e. The quantitative estimate of drug-likeness (QED) is 0.257. The molecular weight excluding hydrogens is 398 g/mol. The van der Waals surface area contributed by atoms with E-state index >= 15 is 0 Å². The van der Waals surface area contributed by atoms with E-state index in [0.717, 1.165) is 23.7 Å². The van der Waals surface area contributed by atoms with Gasteiger partial charge in [-0.2, -0.15) is 0 Å². The van der Waals surface area contributed by atoms with E-state index in [-0.39, 0.29) is 5.41 Å². The van der Waals surface area contributed by atoms with Gasteiger partial charge >= 0.3 is 0 Å². The van der Waals surface area contributed by atoms with E-state index in [1.54, 1.807) is 11.1 Å². The molecule has 33 heavy (non-hydrogen) atoms. The van der Waals surface area contributed by atoms with Crippen molar-refractivity contribution in [3.8, 4) is 11.1 Å². The average Bonchev–Trinajstić information content (AvgIpc) is 3.34. The molecule has 0 amide bonds. The van der Waals surface area contributed by atoms with E-state index in [9.17, 15) is 0 Å². The molecule has 10 rings (SSSR count). The maximum atomic E-state index is 3.79. The van der Waals surface area contributed by atoms with Gasteiger partial charge in [0.15, 0.2) is 0 Å². The number of aromatic amines is 1. The third-order valence-corrected chi connectivity index (χ3v) is 10.1. The van der Waals surface area contributed by atoms with E-state index in [2.05, 4.69) is 77.8 Å². The Kier molecular flexibility index (Phi) is 3.01. The Hall–Kier alpha value is -3.06. The number of hydrogen-bond donors (Lipinski definition) is 1. The van der Waals surface area contributed by atoms with Crippen LogP contribution < -0.4 is 0 Å². The fourth-order valence-corrected chi connectivity index (χ4v) is 9.32. The van der Waals surface area contributed by atoms with E-state index < -0.39 is 0 Å². The lowest BCUT2D eigenvalue weighted by Crippen LogP contribution is -2.55. The Morgan fingerprint density at radius 3 is 2.12 bits per heavy atom. The number of rotatable bonds is 0. The van der Waals surface area contributed by atoms with Gasteiger partial charge in [-0.25, -0.2) is 0 Å². The van der Waals surface area contributed by atoms with Crippen LogP contribution in [0.5, 0.6) is 0 Å². The van der Waals surface area contributed by atoms with Crippen LogP contribution in [0, 0.1) is 23.7 Å². The van der Waals surface area contributed by atoms with Crippen LogP contribution in [0.15, 0.2) is 72.8 Å². The second-order valence-corrected chi connectivity index (χ2v) is 11.5. The minimum absolute atomic E-state index is 0.244. The molecule has 4 aromatic carbocycles. The summed E-state index contributed by atoms with van der Waals surface area (Å²) in [6, 6.07) is 28.0. The molecule has 0 atom stereocenters. The van der Waals surface area contributed by atoms with Gasteiger partial charge in [-0.05, 0) is 107 Å². The molecule has 0 radical (unpaired) electrons. The largest absolute Gasteiger partial charge is 0.354 e. The summed E-state index contributed by atoms with van der Waals surface area (Å²) < 4.78 is 0. The van der Waals surface area contributed by atoms with Gasteiger partial charge in [0.05, 0.1) is 0 Å². The Balaban J connectivity index is 1.43. The van der Waals surface area contributed by atoms with Crippen LogP contribution >= 0.6 is 0 Å². The standard InChI is InChI=1S/C32H27N/c1-2-6-21-17-29-25(16-20(21)5-1)31-28(33-29)10-9-27-30(31)24-7-3-4-8-26(24)32(27)22-12-18-11-19(14-22)15-23(32)13-18/h1-10,16-19,22-23,33H,11-15H2. The summed E-state index contributed by atoms with van der Waals surface area (Å²) in [5.74, 6) is 3.61. The van der Waals surface area contributed by atoms with Gasteiger partial charge in [-0.3, -0.25) is 0 Å². The van der Waals surface area contributed by atoms with Crippen molar-refractivity contribution in [1.82, 2.24) is 4.98 Å². The number of aromatic nitrogens is 1. The van der Waals surface area contributed by atoms with E-state index in [1.807, 2.05) is 0 Å². The van der Waals surface area contributed by atoms with Gasteiger partial charge in [-0.1, -0.05) is 54.6 Å². The number of H-pyrrole nitrogens is 1. The van der Waals surface area contributed by atoms with Crippen LogP contribution in [0.25, 0.3) is 43.7 Å². The van der Waals surface area contributed by atoms with E-state index in [4.69, 9.17) is 0 Å². The predicted molar refractivity (Wildman–Crippen MR) is 137 cm³/mol. The molecule has 1 heterocycles.